The highest BCUT2D eigenvalue weighted by Gasteiger charge is 1.88. The average molecular weight is 244 g/mol. The van der Waals surface area contributed by atoms with Gasteiger partial charge in [0.1, 0.15) is 0 Å². The van der Waals surface area contributed by atoms with Crippen LogP contribution >= 0.6 is 27.5 Å². The van der Waals surface area contributed by atoms with Crippen molar-refractivity contribution in [2.75, 3.05) is 5.33 Å². The first kappa shape index (κ1) is 9.64. The minimum atomic E-state index is 0.562. The van der Waals surface area contributed by atoms with Gasteiger partial charge in [0, 0.05) is 11.4 Å². The number of hydrogen-bond donors (Lipinski definition) is 0. The normalized spacial score (nSPS) is 8.83. The van der Waals surface area contributed by atoms with Crippen LogP contribution in [0.4, 0.5) is 0 Å². The zero-order valence-electron chi connectivity index (χ0n) is 6.48. The molecule has 1 rings (SSSR count). The Morgan fingerprint density at radius 1 is 1.25 bits per heavy atom. The molecule has 0 aliphatic carbocycles. The van der Waals surface area contributed by atoms with E-state index < -0.39 is 0 Å². The molecular formula is C10H8BrCl. The Kier molecular flexibility index (Phi) is 4.21. The van der Waals surface area contributed by atoms with Gasteiger partial charge in [0.2, 0.25) is 0 Å². The van der Waals surface area contributed by atoms with E-state index in [0.717, 1.165) is 11.1 Å². The summed E-state index contributed by atoms with van der Waals surface area (Å²) in [6, 6.07) is 7.94. The van der Waals surface area contributed by atoms with Crippen LogP contribution in [-0.4, -0.2) is 5.33 Å². The minimum Gasteiger partial charge on any atom is -0.122 e. The molecule has 2 heteroatoms. The third-order valence-electron chi connectivity index (χ3n) is 1.41. The molecule has 0 radical (unpaired) electrons. The summed E-state index contributed by atoms with van der Waals surface area (Å²) >= 11 is 8.88. The van der Waals surface area contributed by atoms with E-state index in [2.05, 4.69) is 27.8 Å². The predicted molar refractivity (Wildman–Crippen MR) is 56.7 cm³/mol. The third-order valence-corrected chi connectivity index (χ3v) is 2.00. The lowest BCUT2D eigenvalue weighted by atomic mass is 10.2. The van der Waals surface area contributed by atoms with E-state index in [-0.39, 0.29) is 0 Å². The average Bonchev–Trinajstić information content (AvgIpc) is 2.15. The highest BCUT2D eigenvalue weighted by atomic mass is 79.9. The Hall–Kier alpha value is -0.450. The zero-order valence-corrected chi connectivity index (χ0v) is 8.82. The van der Waals surface area contributed by atoms with Crippen LogP contribution in [0.1, 0.15) is 11.1 Å². The molecule has 0 bridgehead atoms. The van der Waals surface area contributed by atoms with Crippen LogP contribution in [0.2, 0.25) is 0 Å². The van der Waals surface area contributed by atoms with Gasteiger partial charge in [0.05, 0.1) is 5.33 Å². The highest BCUT2D eigenvalue weighted by Crippen LogP contribution is 2.05. The Morgan fingerprint density at radius 3 is 2.42 bits per heavy atom. The lowest BCUT2D eigenvalue weighted by Gasteiger charge is -1.93. The molecule has 0 heterocycles. The van der Waals surface area contributed by atoms with Crippen LogP contribution in [0.25, 0.3) is 0 Å². The van der Waals surface area contributed by atoms with Crippen molar-refractivity contribution in [1.29, 1.82) is 0 Å². The number of alkyl halides is 2. The molecule has 0 atom stereocenters. The predicted octanol–water partition coefficient (Wildman–Crippen LogP) is 3.17. The fourth-order valence-electron chi connectivity index (χ4n) is 0.813. The first-order valence-corrected chi connectivity index (χ1v) is 5.22. The highest BCUT2D eigenvalue weighted by molar-refractivity contribution is 9.09. The quantitative estimate of drug-likeness (QED) is 0.525. The van der Waals surface area contributed by atoms with Gasteiger partial charge in [0.15, 0.2) is 0 Å². The molecule has 0 aliphatic heterocycles. The fraction of sp³-hybridized carbons (Fsp3) is 0.200. The van der Waals surface area contributed by atoms with Crippen LogP contribution in [0.15, 0.2) is 24.3 Å². The zero-order chi connectivity index (χ0) is 8.81. The lowest BCUT2D eigenvalue weighted by Crippen LogP contribution is -1.78. The van der Waals surface area contributed by atoms with Gasteiger partial charge in [0.25, 0.3) is 0 Å². The maximum Gasteiger partial charge on any atom is 0.0649 e. The number of benzene rings is 1. The van der Waals surface area contributed by atoms with Gasteiger partial charge >= 0.3 is 0 Å². The summed E-state index contributed by atoms with van der Waals surface area (Å²) in [4.78, 5) is 0. The fourth-order valence-corrected chi connectivity index (χ4v) is 1.13. The summed E-state index contributed by atoms with van der Waals surface area (Å²) in [5.41, 5.74) is 2.16. The van der Waals surface area contributed by atoms with Crippen molar-refractivity contribution in [1.82, 2.24) is 0 Å². The second-order valence-electron chi connectivity index (χ2n) is 2.27. The summed E-state index contributed by atoms with van der Waals surface area (Å²) in [7, 11) is 0. The van der Waals surface area contributed by atoms with Crippen LogP contribution in [0.5, 0.6) is 0 Å². The van der Waals surface area contributed by atoms with Gasteiger partial charge in [-0.2, -0.15) is 0 Å². The van der Waals surface area contributed by atoms with E-state index in [1.165, 1.54) is 0 Å². The van der Waals surface area contributed by atoms with Crippen molar-refractivity contribution < 1.29 is 0 Å². The smallest absolute Gasteiger partial charge is 0.0649 e. The Morgan fingerprint density at radius 2 is 1.92 bits per heavy atom. The second-order valence-corrected chi connectivity index (χ2v) is 3.09. The van der Waals surface area contributed by atoms with Crippen molar-refractivity contribution in [2.24, 2.45) is 0 Å². The van der Waals surface area contributed by atoms with Crippen molar-refractivity contribution in [3.05, 3.63) is 35.4 Å². The Labute approximate surface area is 86.1 Å². The summed E-state index contributed by atoms with van der Waals surface area (Å²) in [5.74, 6) is 6.50. The Balaban J connectivity index is 2.78. The molecule has 0 unspecified atom stereocenters. The largest absolute Gasteiger partial charge is 0.122 e. The van der Waals surface area contributed by atoms with Crippen LogP contribution in [0, 0.1) is 11.8 Å². The standard InChI is InChI=1S/C10H8BrCl/c11-7-1-2-9-3-5-10(8-12)6-4-9/h3-6H,7-8H2. The molecule has 0 aliphatic rings. The van der Waals surface area contributed by atoms with E-state index in [9.17, 15) is 0 Å². The maximum atomic E-state index is 5.64. The lowest BCUT2D eigenvalue weighted by molar-refractivity contribution is 1.40. The number of rotatable bonds is 1. The van der Waals surface area contributed by atoms with Crippen molar-refractivity contribution >= 4 is 27.5 Å². The molecule has 62 valence electrons. The molecule has 0 spiro atoms. The maximum absolute atomic E-state index is 5.64. The first-order chi connectivity index (χ1) is 5.86. The molecule has 0 saturated carbocycles. The molecule has 0 aromatic heterocycles. The number of halogens is 2. The minimum absolute atomic E-state index is 0.562. The number of hydrogen-bond acceptors (Lipinski definition) is 0. The van der Waals surface area contributed by atoms with Gasteiger partial charge in [-0.3, -0.25) is 0 Å². The third kappa shape index (κ3) is 2.89. The van der Waals surface area contributed by atoms with E-state index in [4.69, 9.17) is 11.6 Å². The van der Waals surface area contributed by atoms with Gasteiger partial charge in [-0.1, -0.05) is 39.9 Å². The molecule has 0 amide bonds. The molecular weight excluding hydrogens is 235 g/mol. The topological polar surface area (TPSA) is 0 Å². The van der Waals surface area contributed by atoms with Crippen molar-refractivity contribution in [3.8, 4) is 11.8 Å². The second kappa shape index (κ2) is 5.24. The van der Waals surface area contributed by atoms with Crippen LogP contribution in [0.3, 0.4) is 0 Å². The van der Waals surface area contributed by atoms with Crippen LogP contribution in [-0.2, 0) is 5.88 Å². The van der Waals surface area contributed by atoms with Gasteiger partial charge in [-0.15, -0.1) is 11.6 Å². The summed E-state index contributed by atoms with van der Waals surface area (Å²) < 4.78 is 0. The van der Waals surface area contributed by atoms with E-state index in [0.29, 0.717) is 11.2 Å². The molecule has 0 nitrogen and oxygen atoms in total. The van der Waals surface area contributed by atoms with Gasteiger partial charge < -0.3 is 0 Å². The van der Waals surface area contributed by atoms with Gasteiger partial charge in [-0.05, 0) is 17.7 Å². The summed E-state index contributed by atoms with van der Waals surface area (Å²) in [6.45, 7) is 0. The van der Waals surface area contributed by atoms with Gasteiger partial charge in [-0.25, -0.2) is 0 Å². The van der Waals surface area contributed by atoms with E-state index in [1.54, 1.807) is 0 Å². The van der Waals surface area contributed by atoms with E-state index in [1.807, 2.05) is 24.3 Å². The Bertz CT molecular complexity index is 292. The molecule has 0 N–H and O–H groups in total. The molecule has 12 heavy (non-hydrogen) atoms. The SMILES string of the molecule is ClCc1ccc(C#CCBr)cc1. The van der Waals surface area contributed by atoms with Crippen LogP contribution < -0.4 is 0 Å². The molecule has 0 fully saturated rings. The summed E-state index contributed by atoms with van der Waals surface area (Å²) in [5, 5.41) is 0.713. The molecule has 1 aromatic carbocycles. The monoisotopic (exact) mass is 242 g/mol. The van der Waals surface area contributed by atoms with Crippen molar-refractivity contribution in [2.45, 2.75) is 5.88 Å². The molecule has 1 aromatic rings. The molecule has 0 saturated heterocycles. The van der Waals surface area contributed by atoms with E-state index >= 15 is 0 Å². The first-order valence-electron chi connectivity index (χ1n) is 3.56. The van der Waals surface area contributed by atoms with Crippen molar-refractivity contribution in [3.63, 3.8) is 0 Å². The summed E-state index contributed by atoms with van der Waals surface area (Å²) in [6.07, 6.45) is 0.